The Bertz CT molecular complexity index is 86.3. The fourth-order valence-corrected chi connectivity index (χ4v) is 1.86. The highest BCUT2D eigenvalue weighted by Gasteiger charge is 2.20. The third-order valence-corrected chi connectivity index (χ3v) is 3.08. The lowest BCUT2D eigenvalue weighted by atomic mass is 10.3. The fraction of sp³-hybridized carbons (Fsp3) is 0.600. The number of hydrogen-bond donors (Lipinski definition) is 0. The molecule has 0 saturated carbocycles. The molecule has 0 aliphatic carbocycles. The number of thioether (sulfide) groups is 1. The molecule has 40 valence electrons. The highest BCUT2D eigenvalue weighted by atomic mass is 127. The van der Waals surface area contributed by atoms with E-state index in [0.29, 0.717) is 2.75 Å². The normalized spacial score (nSPS) is 39.7. The molecule has 0 aromatic heterocycles. The molecular formula is C5H7IS. The summed E-state index contributed by atoms with van der Waals surface area (Å²) < 4.78 is 0.470. The number of alkyl halides is 1. The van der Waals surface area contributed by atoms with Gasteiger partial charge in [-0.25, -0.2) is 0 Å². The topological polar surface area (TPSA) is 0 Å². The summed E-state index contributed by atoms with van der Waals surface area (Å²) in [6.07, 6.45) is 3.44. The first-order valence-electron chi connectivity index (χ1n) is 2.22. The molecule has 1 aliphatic rings. The molecule has 0 radical (unpaired) electrons. The summed E-state index contributed by atoms with van der Waals surface area (Å²) in [6, 6.07) is 0. The van der Waals surface area contributed by atoms with Crippen LogP contribution < -0.4 is 0 Å². The van der Waals surface area contributed by atoms with Crippen molar-refractivity contribution in [2.45, 2.75) is 16.1 Å². The van der Waals surface area contributed by atoms with Gasteiger partial charge >= 0.3 is 0 Å². The van der Waals surface area contributed by atoms with Crippen LogP contribution in [0.25, 0.3) is 0 Å². The lowest BCUT2D eigenvalue weighted by Gasteiger charge is -2.10. The summed E-state index contributed by atoms with van der Waals surface area (Å²) in [7, 11) is 0. The highest BCUT2D eigenvalue weighted by Crippen LogP contribution is 2.41. The molecule has 1 rings (SSSR count). The van der Waals surface area contributed by atoms with Crippen molar-refractivity contribution in [2.75, 3.05) is 0 Å². The van der Waals surface area contributed by atoms with E-state index in [1.165, 1.54) is 6.42 Å². The van der Waals surface area contributed by atoms with Crippen LogP contribution in [-0.2, 0) is 0 Å². The van der Waals surface area contributed by atoms with E-state index in [2.05, 4.69) is 41.0 Å². The highest BCUT2D eigenvalue weighted by molar-refractivity contribution is 14.1. The molecule has 2 heteroatoms. The van der Waals surface area contributed by atoms with E-state index in [4.69, 9.17) is 0 Å². The van der Waals surface area contributed by atoms with Gasteiger partial charge in [0.05, 0.1) is 2.75 Å². The van der Waals surface area contributed by atoms with E-state index in [9.17, 15) is 0 Å². The zero-order valence-corrected chi connectivity index (χ0v) is 7.12. The van der Waals surface area contributed by atoms with Gasteiger partial charge in [-0.15, -0.1) is 11.8 Å². The fourth-order valence-electron chi connectivity index (χ4n) is 0.497. The van der Waals surface area contributed by atoms with Crippen LogP contribution in [0.1, 0.15) is 13.3 Å². The molecule has 0 N–H and O–H groups in total. The average Bonchev–Trinajstić information content (AvgIpc) is 1.84. The molecule has 0 bridgehead atoms. The van der Waals surface area contributed by atoms with Crippen molar-refractivity contribution >= 4 is 34.4 Å². The summed E-state index contributed by atoms with van der Waals surface area (Å²) >= 11 is 4.37. The predicted octanol–water partition coefficient (Wildman–Crippen LogP) is 2.79. The molecule has 1 heterocycles. The van der Waals surface area contributed by atoms with E-state index in [-0.39, 0.29) is 0 Å². The van der Waals surface area contributed by atoms with Crippen molar-refractivity contribution in [2.24, 2.45) is 0 Å². The van der Waals surface area contributed by atoms with E-state index >= 15 is 0 Å². The van der Waals surface area contributed by atoms with Gasteiger partial charge in [0, 0.05) is 0 Å². The van der Waals surface area contributed by atoms with Crippen molar-refractivity contribution in [3.05, 3.63) is 11.5 Å². The van der Waals surface area contributed by atoms with Gasteiger partial charge in [-0.1, -0.05) is 28.7 Å². The second kappa shape index (κ2) is 1.97. The van der Waals surface area contributed by atoms with E-state index in [1.54, 1.807) is 0 Å². The van der Waals surface area contributed by atoms with E-state index < -0.39 is 0 Å². The lowest BCUT2D eigenvalue weighted by molar-refractivity contribution is 0.971. The molecule has 0 aromatic rings. The number of hydrogen-bond acceptors (Lipinski definition) is 1. The molecule has 7 heavy (non-hydrogen) atoms. The summed E-state index contributed by atoms with van der Waals surface area (Å²) in [5.74, 6) is 0. The van der Waals surface area contributed by atoms with Gasteiger partial charge < -0.3 is 0 Å². The first kappa shape index (κ1) is 5.95. The standard InChI is InChI=1S/C5H7IS/c1-5(6)3-2-4-7-5/h2,4H,3H2,1H3. The van der Waals surface area contributed by atoms with Crippen molar-refractivity contribution in [1.29, 1.82) is 0 Å². The number of halogens is 1. The van der Waals surface area contributed by atoms with Crippen LogP contribution in [0.15, 0.2) is 11.5 Å². The first-order chi connectivity index (χ1) is 3.21. The van der Waals surface area contributed by atoms with Crippen LogP contribution in [0.4, 0.5) is 0 Å². The molecule has 0 fully saturated rings. The smallest absolute Gasteiger partial charge is 0.0720 e. The van der Waals surface area contributed by atoms with Crippen LogP contribution in [0.5, 0.6) is 0 Å². The Kier molecular flexibility index (Phi) is 1.68. The molecular weight excluding hydrogens is 219 g/mol. The number of rotatable bonds is 0. The van der Waals surface area contributed by atoms with Crippen LogP contribution in [-0.4, -0.2) is 2.75 Å². The van der Waals surface area contributed by atoms with Gasteiger partial charge in [0.25, 0.3) is 0 Å². The quantitative estimate of drug-likeness (QED) is 0.452. The molecule has 0 aromatic carbocycles. The summed E-state index contributed by atoms with van der Waals surface area (Å²) in [5, 5.41) is 2.17. The Morgan fingerprint density at radius 1 is 1.86 bits per heavy atom. The summed E-state index contributed by atoms with van der Waals surface area (Å²) in [4.78, 5) is 0. The molecule has 0 saturated heterocycles. The third-order valence-electron chi connectivity index (χ3n) is 0.892. The zero-order chi connectivity index (χ0) is 5.33. The minimum absolute atomic E-state index is 0.470. The Labute approximate surface area is 61.9 Å². The summed E-state index contributed by atoms with van der Waals surface area (Å²) in [5.41, 5.74) is 0. The Hall–Kier alpha value is 0.820. The van der Waals surface area contributed by atoms with Gasteiger partial charge in [-0.05, 0) is 18.8 Å². The molecule has 0 amide bonds. The SMILES string of the molecule is CC1(I)CC=CS1. The minimum atomic E-state index is 0.470. The first-order valence-corrected chi connectivity index (χ1v) is 4.18. The Morgan fingerprint density at radius 2 is 2.57 bits per heavy atom. The van der Waals surface area contributed by atoms with Gasteiger partial charge in [-0.3, -0.25) is 0 Å². The average molecular weight is 226 g/mol. The van der Waals surface area contributed by atoms with E-state index in [0.717, 1.165) is 0 Å². The van der Waals surface area contributed by atoms with Crippen molar-refractivity contribution in [3.8, 4) is 0 Å². The van der Waals surface area contributed by atoms with Crippen molar-refractivity contribution < 1.29 is 0 Å². The maximum Gasteiger partial charge on any atom is 0.0720 e. The van der Waals surface area contributed by atoms with Crippen LogP contribution >= 0.6 is 34.4 Å². The van der Waals surface area contributed by atoms with Crippen molar-refractivity contribution in [1.82, 2.24) is 0 Å². The second-order valence-electron chi connectivity index (χ2n) is 1.80. The monoisotopic (exact) mass is 226 g/mol. The lowest BCUT2D eigenvalue weighted by Crippen LogP contribution is -2.01. The summed E-state index contributed by atoms with van der Waals surface area (Å²) in [6.45, 7) is 2.25. The maximum atomic E-state index is 2.47. The minimum Gasteiger partial charge on any atom is -0.117 e. The van der Waals surface area contributed by atoms with Gasteiger partial charge in [0.1, 0.15) is 0 Å². The third kappa shape index (κ3) is 1.64. The van der Waals surface area contributed by atoms with Gasteiger partial charge in [-0.2, -0.15) is 0 Å². The molecule has 1 aliphatic heterocycles. The molecule has 0 nitrogen and oxygen atoms in total. The predicted molar refractivity (Wildman–Crippen MR) is 43.8 cm³/mol. The van der Waals surface area contributed by atoms with Crippen LogP contribution in [0.3, 0.4) is 0 Å². The number of allylic oxidation sites excluding steroid dienone is 1. The maximum absolute atomic E-state index is 2.47. The van der Waals surface area contributed by atoms with Gasteiger partial charge in [0.2, 0.25) is 0 Å². The second-order valence-corrected chi connectivity index (χ2v) is 6.32. The Balaban J connectivity index is 2.49. The largest absolute Gasteiger partial charge is 0.117 e. The van der Waals surface area contributed by atoms with E-state index in [1.807, 2.05) is 11.8 Å². The molecule has 1 unspecified atom stereocenters. The Morgan fingerprint density at radius 3 is 2.71 bits per heavy atom. The molecule has 1 atom stereocenters. The molecule has 0 spiro atoms. The van der Waals surface area contributed by atoms with Gasteiger partial charge in [0.15, 0.2) is 0 Å². The van der Waals surface area contributed by atoms with Crippen LogP contribution in [0.2, 0.25) is 0 Å². The van der Waals surface area contributed by atoms with Crippen LogP contribution in [0, 0.1) is 0 Å². The zero-order valence-electron chi connectivity index (χ0n) is 4.15. The van der Waals surface area contributed by atoms with Crippen molar-refractivity contribution in [3.63, 3.8) is 0 Å².